The summed E-state index contributed by atoms with van der Waals surface area (Å²) in [6.07, 6.45) is 0. The second-order valence-corrected chi connectivity index (χ2v) is 9.34. The van der Waals surface area contributed by atoms with E-state index < -0.39 is 21.6 Å². The van der Waals surface area contributed by atoms with Crippen molar-refractivity contribution in [2.24, 2.45) is 0 Å². The average Bonchev–Trinajstić information content (AvgIpc) is 3.14. The van der Waals surface area contributed by atoms with Gasteiger partial charge in [0.25, 0.3) is 0 Å². The first-order chi connectivity index (χ1) is 16.8. The van der Waals surface area contributed by atoms with Crippen LogP contribution in [0.5, 0.6) is 5.75 Å². The molecule has 9 nitrogen and oxygen atoms in total. The zero-order valence-electron chi connectivity index (χ0n) is 18.6. The minimum absolute atomic E-state index is 0.0628. The highest BCUT2D eigenvalue weighted by atomic mass is 32.2. The van der Waals surface area contributed by atoms with Crippen molar-refractivity contribution >= 4 is 38.8 Å². The van der Waals surface area contributed by atoms with Crippen molar-refractivity contribution in [3.63, 3.8) is 0 Å². The maximum absolute atomic E-state index is 13.4. The normalized spacial score (nSPS) is 11.1. The molecule has 0 aliphatic rings. The van der Waals surface area contributed by atoms with Crippen LogP contribution in [0.25, 0.3) is 0 Å². The predicted octanol–water partition coefficient (Wildman–Crippen LogP) is 3.83. The Morgan fingerprint density at radius 2 is 1.71 bits per heavy atom. The summed E-state index contributed by atoms with van der Waals surface area (Å²) >= 11 is 0. The number of sulfone groups is 1. The molecule has 0 saturated carbocycles. The number of aromatic nitrogens is 2. The third kappa shape index (κ3) is 5.25. The first-order valence-corrected chi connectivity index (χ1v) is 11.9. The maximum atomic E-state index is 13.4. The number of ether oxygens (including phenoxy) is 1. The van der Waals surface area contributed by atoms with E-state index in [4.69, 9.17) is 10.5 Å². The van der Waals surface area contributed by atoms with Gasteiger partial charge in [-0.3, -0.25) is 4.79 Å². The quantitative estimate of drug-likeness (QED) is 0.317. The number of carbonyl (C=O) groups excluding carboxylic acids is 1. The fourth-order valence-electron chi connectivity index (χ4n) is 3.35. The lowest BCUT2D eigenvalue weighted by Gasteiger charge is -2.09. The van der Waals surface area contributed by atoms with Gasteiger partial charge in [0.15, 0.2) is 10.7 Å². The van der Waals surface area contributed by atoms with E-state index in [1.54, 1.807) is 54.6 Å². The first-order valence-electron chi connectivity index (χ1n) is 10.4. The van der Waals surface area contributed by atoms with Gasteiger partial charge in [0.05, 0.1) is 12.0 Å². The number of carbonyl (C=O) groups is 1. The molecular formula is C24H22FN5O4S. The van der Waals surface area contributed by atoms with E-state index in [2.05, 4.69) is 15.7 Å². The Labute approximate surface area is 201 Å². The van der Waals surface area contributed by atoms with Gasteiger partial charge in [-0.2, -0.15) is 5.10 Å². The number of amides is 1. The molecule has 0 saturated heterocycles. The SMILES string of the molecule is COc1cccc(NC(=O)Cn2nc(Nc3ccccc3)c(S(=O)(=O)c3ccc(F)cc3)c2N)c1. The van der Waals surface area contributed by atoms with Gasteiger partial charge >= 0.3 is 0 Å². The molecule has 4 rings (SSSR count). The van der Waals surface area contributed by atoms with Crippen LogP contribution in [-0.2, 0) is 21.2 Å². The Hall–Kier alpha value is -4.38. The van der Waals surface area contributed by atoms with Gasteiger partial charge in [-0.25, -0.2) is 17.5 Å². The molecule has 35 heavy (non-hydrogen) atoms. The topological polar surface area (TPSA) is 128 Å². The van der Waals surface area contributed by atoms with Crippen molar-refractivity contribution in [2.45, 2.75) is 16.3 Å². The number of para-hydroxylation sites is 1. The van der Waals surface area contributed by atoms with Gasteiger partial charge in [-0.05, 0) is 48.5 Å². The van der Waals surface area contributed by atoms with Gasteiger partial charge in [0.1, 0.15) is 23.9 Å². The summed E-state index contributed by atoms with van der Waals surface area (Å²) in [4.78, 5) is 12.2. The first kappa shape index (κ1) is 23.8. The molecule has 4 N–H and O–H groups in total. The minimum atomic E-state index is -4.21. The Kier molecular flexibility index (Phi) is 6.69. The Morgan fingerprint density at radius 1 is 1.03 bits per heavy atom. The summed E-state index contributed by atoms with van der Waals surface area (Å²) < 4.78 is 46.5. The number of anilines is 4. The van der Waals surface area contributed by atoms with Crippen LogP contribution < -0.4 is 21.1 Å². The largest absolute Gasteiger partial charge is 0.497 e. The average molecular weight is 496 g/mol. The van der Waals surface area contributed by atoms with Crippen molar-refractivity contribution in [3.05, 3.63) is 84.7 Å². The van der Waals surface area contributed by atoms with Crippen molar-refractivity contribution < 1.29 is 22.3 Å². The lowest BCUT2D eigenvalue weighted by molar-refractivity contribution is -0.116. The number of hydrogen-bond donors (Lipinski definition) is 3. The van der Waals surface area contributed by atoms with E-state index in [0.717, 1.165) is 28.9 Å². The number of halogens is 1. The van der Waals surface area contributed by atoms with Gasteiger partial charge in [0.2, 0.25) is 15.7 Å². The lowest BCUT2D eigenvalue weighted by Crippen LogP contribution is -2.21. The zero-order chi connectivity index (χ0) is 25.0. The highest BCUT2D eigenvalue weighted by Crippen LogP contribution is 2.34. The van der Waals surface area contributed by atoms with Crippen molar-refractivity contribution in [1.29, 1.82) is 0 Å². The highest BCUT2D eigenvalue weighted by Gasteiger charge is 2.30. The van der Waals surface area contributed by atoms with E-state index in [1.165, 1.54) is 7.11 Å². The molecule has 0 bridgehead atoms. The van der Waals surface area contributed by atoms with Gasteiger partial charge in [0, 0.05) is 17.4 Å². The minimum Gasteiger partial charge on any atom is -0.497 e. The fourth-order valence-corrected chi connectivity index (χ4v) is 4.81. The number of nitrogens with one attached hydrogen (secondary N) is 2. The third-order valence-electron chi connectivity index (χ3n) is 5.02. The number of nitrogens with two attached hydrogens (primary N) is 1. The monoisotopic (exact) mass is 495 g/mol. The van der Waals surface area contributed by atoms with Gasteiger partial charge in [-0.15, -0.1) is 0 Å². The molecule has 4 aromatic rings. The van der Waals surface area contributed by atoms with E-state index in [0.29, 0.717) is 17.1 Å². The van der Waals surface area contributed by atoms with Crippen LogP contribution in [0.1, 0.15) is 0 Å². The molecule has 1 aromatic heterocycles. The molecule has 0 unspecified atom stereocenters. The molecule has 180 valence electrons. The lowest BCUT2D eigenvalue weighted by atomic mass is 10.3. The summed E-state index contributed by atoms with van der Waals surface area (Å²) in [5.74, 6) is -0.807. The van der Waals surface area contributed by atoms with Gasteiger partial charge in [-0.1, -0.05) is 24.3 Å². The van der Waals surface area contributed by atoms with Crippen LogP contribution in [0, 0.1) is 5.82 Å². The van der Waals surface area contributed by atoms with Crippen LogP contribution in [0.2, 0.25) is 0 Å². The Balaban J connectivity index is 1.70. The molecule has 1 amide bonds. The van der Waals surface area contributed by atoms with E-state index in [9.17, 15) is 17.6 Å². The predicted molar refractivity (Wildman–Crippen MR) is 130 cm³/mol. The maximum Gasteiger partial charge on any atom is 0.246 e. The standard InChI is InChI=1S/C24H22FN5O4S/c1-34-19-9-5-8-18(14-19)27-21(31)15-30-23(26)22(24(29-30)28-17-6-3-2-4-7-17)35(32,33)20-12-10-16(25)11-13-20/h2-14H,15,26H2,1H3,(H,27,31)(H,28,29). The summed E-state index contributed by atoms with van der Waals surface area (Å²) in [5.41, 5.74) is 7.26. The Bertz CT molecular complexity index is 1460. The van der Waals surface area contributed by atoms with Crippen molar-refractivity contribution in [3.8, 4) is 5.75 Å². The van der Waals surface area contributed by atoms with E-state index in [1.807, 2.05) is 0 Å². The van der Waals surface area contributed by atoms with Gasteiger partial charge < -0.3 is 21.1 Å². The molecule has 0 aliphatic heterocycles. The van der Waals surface area contributed by atoms with E-state index in [-0.39, 0.29) is 28.0 Å². The number of nitrogen functional groups attached to an aromatic ring is 1. The Morgan fingerprint density at radius 3 is 2.40 bits per heavy atom. The third-order valence-corrected chi connectivity index (χ3v) is 6.86. The smallest absolute Gasteiger partial charge is 0.246 e. The summed E-state index contributed by atoms with van der Waals surface area (Å²) in [5, 5.41) is 9.92. The van der Waals surface area contributed by atoms with E-state index >= 15 is 0 Å². The molecule has 11 heteroatoms. The number of hydrogen-bond acceptors (Lipinski definition) is 7. The van der Waals surface area contributed by atoms with Crippen LogP contribution in [0.15, 0.2) is 88.7 Å². The molecule has 0 fully saturated rings. The molecule has 3 aromatic carbocycles. The fraction of sp³-hybridized carbons (Fsp3) is 0.0833. The molecule has 0 spiro atoms. The van der Waals surface area contributed by atoms with Crippen LogP contribution in [-0.4, -0.2) is 31.2 Å². The van der Waals surface area contributed by atoms with Crippen molar-refractivity contribution in [2.75, 3.05) is 23.5 Å². The van der Waals surface area contributed by atoms with Crippen molar-refractivity contribution in [1.82, 2.24) is 9.78 Å². The number of nitrogens with zero attached hydrogens (tertiary/aromatic N) is 2. The number of methoxy groups -OCH3 is 1. The summed E-state index contributed by atoms with van der Waals surface area (Å²) in [6.45, 7) is -0.356. The molecule has 0 atom stereocenters. The highest BCUT2D eigenvalue weighted by molar-refractivity contribution is 7.91. The van der Waals surface area contributed by atoms with Crippen LogP contribution in [0.3, 0.4) is 0 Å². The summed E-state index contributed by atoms with van der Waals surface area (Å²) in [6, 6.07) is 19.9. The molecule has 0 radical (unpaired) electrons. The summed E-state index contributed by atoms with van der Waals surface area (Å²) in [7, 11) is -2.70. The zero-order valence-corrected chi connectivity index (χ0v) is 19.4. The van der Waals surface area contributed by atoms with Crippen LogP contribution in [0.4, 0.5) is 27.4 Å². The second-order valence-electron chi connectivity index (χ2n) is 7.45. The molecular weight excluding hydrogens is 473 g/mol. The number of rotatable bonds is 8. The van der Waals surface area contributed by atoms with Crippen LogP contribution >= 0.6 is 0 Å². The molecule has 0 aliphatic carbocycles. The number of benzene rings is 3. The molecule has 1 heterocycles. The second kappa shape index (κ2) is 9.85.